The highest BCUT2D eigenvalue weighted by atomic mass is 32.1. The third-order valence-electron chi connectivity index (χ3n) is 10.4. The maximum atomic E-state index is 5.44. The van der Waals surface area contributed by atoms with Crippen molar-refractivity contribution in [3.05, 3.63) is 182 Å². The third-order valence-corrected chi connectivity index (χ3v) is 11.6. The van der Waals surface area contributed by atoms with Gasteiger partial charge in [-0.3, -0.25) is 4.57 Å². The summed E-state index contributed by atoms with van der Waals surface area (Å²) in [6, 6.07) is 64.2. The van der Waals surface area contributed by atoms with Crippen LogP contribution in [0.5, 0.6) is 0 Å². The second-order valence-electron chi connectivity index (χ2n) is 13.6. The number of benzene rings is 8. The summed E-state index contributed by atoms with van der Waals surface area (Å²) in [4.78, 5) is 16.0. The van der Waals surface area contributed by atoms with Crippen LogP contribution >= 0.6 is 11.3 Å². The van der Waals surface area contributed by atoms with Gasteiger partial charge in [-0.2, -0.15) is 9.97 Å². The van der Waals surface area contributed by atoms with Crippen molar-refractivity contribution in [2.45, 2.75) is 0 Å². The largest absolute Gasteiger partial charge is 0.277 e. The van der Waals surface area contributed by atoms with Crippen molar-refractivity contribution in [3.63, 3.8) is 0 Å². The van der Waals surface area contributed by atoms with E-state index in [4.69, 9.17) is 15.0 Å². The van der Waals surface area contributed by atoms with E-state index in [1.54, 1.807) is 0 Å². The van der Waals surface area contributed by atoms with E-state index in [0.717, 1.165) is 44.4 Å². The Kier molecular flexibility index (Phi) is 7.00. The fourth-order valence-corrected chi connectivity index (χ4v) is 9.23. The molecule has 0 amide bonds. The van der Waals surface area contributed by atoms with Crippen LogP contribution in [0.3, 0.4) is 0 Å². The van der Waals surface area contributed by atoms with Gasteiger partial charge in [0.1, 0.15) is 0 Å². The van der Waals surface area contributed by atoms with Crippen LogP contribution in [0.1, 0.15) is 0 Å². The summed E-state index contributed by atoms with van der Waals surface area (Å²) in [7, 11) is 0. The molecule has 0 spiro atoms. The minimum Gasteiger partial charge on any atom is -0.277 e. The molecule has 3 aromatic heterocycles. The molecule has 11 aromatic rings. The Bertz CT molecular complexity index is 3140. The molecule has 0 aliphatic carbocycles. The zero-order valence-corrected chi connectivity index (χ0v) is 29.8. The van der Waals surface area contributed by atoms with E-state index in [-0.39, 0.29) is 0 Å². The van der Waals surface area contributed by atoms with Crippen LogP contribution in [-0.4, -0.2) is 19.5 Å². The van der Waals surface area contributed by atoms with Crippen LogP contribution < -0.4 is 0 Å². The molecule has 0 aliphatic heterocycles. The average Bonchev–Trinajstić information content (AvgIpc) is 3.81. The molecule has 0 saturated heterocycles. The summed E-state index contributed by atoms with van der Waals surface area (Å²) >= 11 is 1.85. The molecule has 11 rings (SSSR count). The van der Waals surface area contributed by atoms with Crippen LogP contribution in [-0.2, 0) is 0 Å². The molecule has 5 heteroatoms. The number of fused-ring (bicyclic) bond motifs is 10. The molecule has 0 N–H and O–H groups in total. The summed E-state index contributed by atoms with van der Waals surface area (Å²) in [6.45, 7) is 0. The van der Waals surface area contributed by atoms with E-state index in [0.29, 0.717) is 17.6 Å². The first-order valence-electron chi connectivity index (χ1n) is 18.1. The molecule has 0 bridgehead atoms. The summed E-state index contributed by atoms with van der Waals surface area (Å²) in [5, 5.41) is 7.32. The lowest BCUT2D eigenvalue weighted by molar-refractivity contribution is 0.955. The quantitative estimate of drug-likeness (QED) is 0.179. The van der Waals surface area contributed by atoms with Gasteiger partial charge in [0.05, 0.1) is 11.0 Å². The second-order valence-corrected chi connectivity index (χ2v) is 14.7. The Morgan fingerprint density at radius 1 is 0.370 bits per heavy atom. The van der Waals surface area contributed by atoms with Crippen LogP contribution in [0.15, 0.2) is 182 Å². The standard InChI is InChI=1S/C49H30N4S/c1-4-16-31(17-5-1)34-28-35(32-18-6-2-7-19-32)30-36(29-34)48-50-47(33-20-8-3-9-21-33)51-49(52-48)53-41-26-14-12-24-39(41)43-37-22-10-11-23-38(37)46-44(45(43)53)40-25-13-15-27-42(40)54-46/h1-30H. The molecule has 8 aromatic carbocycles. The SMILES string of the molecule is c1ccc(-c2cc(-c3ccccc3)cc(-c3nc(-c4ccccc4)nc(-n4c5ccccc5c5c6ccccc6c6sc7ccccc7c6c54)n3)c2)cc1. The minimum atomic E-state index is 0.586. The Morgan fingerprint density at radius 3 is 1.54 bits per heavy atom. The Morgan fingerprint density at radius 2 is 0.870 bits per heavy atom. The van der Waals surface area contributed by atoms with Crippen LogP contribution in [0.4, 0.5) is 0 Å². The van der Waals surface area contributed by atoms with Gasteiger partial charge in [0, 0.05) is 47.5 Å². The van der Waals surface area contributed by atoms with E-state index in [2.05, 4.69) is 168 Å². The lowest BCUT2D eigenvalue weighted by Gasteiger charge is -2.14. The van der Waals surface area contributed by atoms with Gasteiger partial charge < -0.3 is 0 Å². The number of para-hydroxylation sites is 1. The zero-order chi connectivity index (χ0) is 35.6. The van der Waals surface area contributed by atoms with E-state index in [1.165, 1.54) is 41.7 Å². The van der Waals surface area contributed by atoms with Crippen molar-refractivity contribution >= 4 is 64.1 Å². The second kappa shape index (κ2) is 12.3. The molecule has 0 fully saturated rings. The van der Waals surface area contributed by atoms with E-state index >= 15 is 0 Å². The molecule has 54 heavy (non-hydrogen) atoms. The third kappa shape index (κ3) is 4.86. The van der Waals surface area contributed by atoms with E-state index < -0.39 is 0 Å². The maximum absolute atomic E-state index is 5.44. The Labute approximate surface area is 315 Å². The van der Waals surface area contributed by atoms with Crippen LogP contribution in [0, 0.1) is 0 Å². The molecule has 0 radical (unpaired) electrons. The number of nitrogens with zero attached hydrogens (tertiary/aromatic N) is 4. The highest BCUT2D eigenvalue weighted by Gasteiger charge is 2.24. The fourth-order valence-electron chi connectivity index (χ4n) is 7.99. The summed E-state index contributed by atoms with van der Waals surface area (Å²) in [6.07, 6.45) is 0. The van der Waals surface area contributed by atoms with Crippen molar-refractivity contribution in [1.29, 1.82) is 0 Å². The van der Waals surface area contributed by atoms with Crippen molar-refractivity contribution in [1.82, 2.24) is 19.5 Å². The van der Waals surface area contributed by atoms with Gasteiger partial charge in [-0.15, -0.1) is 11.3 Å². The average molecular weight is 707 g/mol. The molecule has 0 aliphatic rings. The lowest BCUT2D eigenvalue weighted by Crippen LogP contribution is -2.06. The normalized spacial score (nSPS) is 11.7. The predicted molar refractivity (Wildman–Crippen MR) is 226 cm³/mol. The first kappa shape index (κ1) is 30.7. The predicted octanol–water partition coefficient (Wildman–Crippen LogP) is 13.2. The van der Waals surface area contributed by atoms with Crippen LogP contribution in [0.2, 0.25) is 0 Å². The molecular formula is C49H30N4S. The summed E-state index contributed by atoms with van der Waals surface area (Å²) in [5.74, 6) is 1.83. The number of aromatic nitrogens is 4. The van der Waals surface area contributed by atoms with Gasteiger partial charge in [-0.05, 0) is 58.0 Å². The summed E-state index contributed by atoms with van der Waals surface area (Å²) in [5.41, 5.74) is 8.50. The van der Waals surface area contributed by atoms with Gasteiger partial charge in [0.15, 0.2) is 11.6 Å². The van der Waals surface area contributed by atoms with E-state index in [1.807, 2.05) is 29.5 Å². The Balaban J connectivity index is 1.28. The Hall–Kier alpha value is -6.95. The summed E-state index contributed by atoms with van der Waals surface area (Å²) < 4.78 is 4.81. The van der Waals surface area contributed by atoms with Crippen LogP contribution in [0.25, 0.3) is 104 Å². The molecule has 0 atom stereocenters. The molecule has 252 valence electrons. The number of rotatable bonds is 5. The lowest BCUT2D eigenvalue weighted by atomic mass is 9.96. The van der Waals surface area contributed by atoms with Crippen molar-refractivity contribution in [3.8, 4) is 51.0 Å². The smallest absolute Gasteiger partial charge is 0.238 e. The molecular weight excluding hydrogens is 677 g/mol. The highest BCUT2D eigenvalue weighted by molar-refractivity contribution is 7.27. The maximum Gasteiger partial charge on any atom is 0.238 e. The van der Waals surface area contributed by atoms with Gasteiger partial charge in [0.25, 0.3) is 0 Å². The monoisotopic (exact) mass is 706 g/mol. The topological polar surface area (TPSA) is 43.6 Å². The fraction of sp³-hybridized carbons (Fsp3) is 0. The first-order valence-corrected chi connectivity index (χ1v) is 18.9. The molecule has 0 unspecified atom stereocenters. The highest BCUT2D eigenvalue weighted by Crippen LogP contribution is 2.47. The minimum absolute atomic E-state index is 0.586. The first-order chi connectivity index (χ1) is 26.8. The number of hydrogen-bond donors (Lipinski definition) is 0. The number of hydrogen-bond acceptors (Lipinski definition) is 4. The van der Waals surface area contributed by atoms with Gasteiger partial charge in [0.2, 0.25) is 5.95 Å². The van der Waals surface area contributed by atoms with Gasteiger partial charge in [-0.1, -0.05) is 152 Å². The van der Waals surface area contributed by atoms with Crippen molar-refractivity contribution < 1.29 is 0 Å². The van der Waals surface area contributed by atoms with E-state index in [9.17, 15) is 0 Å². The van der Waals surface area contributed by atoms with Gasteiger partial charge in [-0.25, -0.2) is 4.98 Å². The zero-order valence-electron chi connectivity index (χ0n) is 29.0. The van der Waals surface area contributed by atoms with Gasteiger partial charge >= 0.3 is 0 Å². The van der Waals surface area contributed by atoms with Crippen molar-refractivity contribution in [2.24, 2.45) is 0 Å². The van der Waals surface area contributed by atoms with Crippen molar-refractivity contribution in [2.75, 3.05) is 0 Å². The molecule has 4 nitrogen and oxygen atoms in total. The molecule has 3 heterocycles. The molecule has 0 saturated carbocycles. The number of thiophene rings is 1.